The Balaban J connectivity index is 1.38. The minimum Gasteiger partial charge on any atom is -0.464 e. The molecule has 3 N–H and O–H groups in total. The van der Waals surface area contributed by atoms with E-state index in [0.717, 1.165) is 27.9 Å². The number of Topliss-reactive ketones (excluding diaryl/α,β-unsaturated/α-hetero) is 1. The highest BCUT2D eigenvalue weighted by molar-refractivity contribution is 5.98. The Bertz CT molecular complexity index is 952. The van der Waals surface area contributed by atoms with Gasteiger partial charge in [-0.15, -0.1) is 0 Å². The van der Waals surface area contributed by atoms with Crippen LogP contribution in [0.3, 0.4) is 0 Å². The highest BCUT2D eigenvalue weighted by Crippen LogP contribution is 2.44. The van der Waals surface area contributed by atoms with Crippen LogP contribution < -0.4 is 5.73 Å². The third-order valence-corrected chi connectivity index (χ3v) is 5.10. The molecule has 0 saturated carbocycles. The van der Waals surface area contributed by atoms with Crippen molar-refractivity contribution >= 4 is 11.8 Å². The van der Waals surface area contributed by atoms with Gasteiger partial charge >= 0.3 is 5.97 Å². The summed E-state index contributed by atoms with van der Waals surface area (Å²) in [6.07, 6.45) is 3.12. The number of nitrogens with two attached hydrogens (primary N) is 1. The Morgan fingerprint density at radius 1 is 1.07 bits per heavy atom. The summed E-state index contributed by atoms with van der Waals surface area (Å²) in [6.45, 7) is 0.204. The van der Waals surface area contributed by atoms with Gasteiger partial charge in [-0.2, -0.15) is 0 Å². The van der Waals surface area contributed by atoms with Gasteiger partial charge in [0.25, 0.3) is 0 Å². The quantitative estimate of drug-likeness (QED) is 0.489. The van der Waals surface area contributed by atoms with E-state index in [0.29, 0.717) is 6.42 Å². The SMILES string of the molecule is N[C@@H](Cc1cnc[nH]1)C(=O)CC(=O)OCC1c2ccccc2-c2ccccc21. The number of carbonyl (C=O) groups excluding carboxylic acids is 2. The fraction of sp³-hybridized carbons (Fsp3) is 0.227. The average molecular weight is 375 g/mol. The van der Waals surface area contributed by atoms with Crippen molar-refractivity contribution < 1.29 is 14.3 Å². The van der Waals surface area contributed by atoms with E-state index in [1.54, 1.807) is 6.20 Å². The lowest BCUT2D eigenvalue weighted by molar-refractivity contribution is -0.146. The van der Waals surface area contributed by atoms with Gasteiger partial charge in [0.1, 0.15) is 13.0 Å². The molecule has 0 fully saturated rings. The number of ketones is 1. The van der Waals surface area contributed by atoms with Crippen LogP contribution in [0, 0.1) is 0 Å². The van der Waals surface area contributed by atoms with Gasteiger partial charge in [-0.05, 0) is 22.3 Å². The van der Waals surface area contributed by atoms with Gasteiger partial charge in [0, 0.05) is 24.2 Å². The average Bonchev–Trinajstić information content (AvgIpc) is 3.32. The van der Waals surface area contributed by atoms with E-state index in [1.165, 1.54) is 6.33 Å². The van der Waals surface area contributed by atoms with Crippen molar-refractivity contribution in [2.75, 3.05) is 6.61 Å². The summed E-state index contributed by atoms with van der Waals surface area (Å²) in [6, 6.07) is 15.5. The van der Waals surface area contributed by atoms with Crippen molar-refractivity contribution in [2.24, 2.45) is 5.73 Å². The molecule has 6 heteroatoms. The monoisotopic (exact) mass is 375 g/mol. The zero-order chi connectivity index (χ0) is 19.5. The molecule has 1 atom stereocenters. The number of aromatic nitrogens is 2. The molecule has 2 aromatic carbocycles. The van der Waals surface area contributed by atoms with E-state index >= 15 is 0 Å². The number of hydrogen-bond acceptors (Lipinski definition) is 5. The summed E-state index contributed by atoms with van der Waals surface area (Å²) in [4.78, 5) is 31.2. The minimum absolute atomic E-state index is 0.0230. The first-order valence-electron chi connectivity index (χ1n) is 9.23. The topological polar surface area (TPSA) is 98.1 Å². The highest BCUT2D eigenvalue weighted by Gasteiger charge is 2.29. The van der Waals surface area contributed by atoms with Crippen LogP contribution in [0.4, 0.5) is 0 Å². The second-order valence-corrected chi connectivity index (χ2v) is 6.94. The van der Waals surface area contributed by atoms with E-state index < -0.39 is 12.0 Å². The van der Waals surface area contributed by atoms with Crippen LogP contribution >= 0.6 is 0 Å². The van der Waals surface area contributed by atoms with Gasteiger partial charge < -0.3 is 15.5 Å². The molecule has 0 spiro atoms. The number of nitrogens with zero attached hydrogens (tertiary/aromatic N) is 1. The van der Waals surface area contributed by atoms with Gasteiger partial charge in [-0.3, -0.25) is 9.59 Å². The molecule has 6 nitrogen and oxygen atoms in total. The molecule has 0 radical (unpaired) electrons. The molecular weight excluding hydrogens is 354 g/mol. The number of carbonyl (C=O) groups is 2. The molecule has 1 aliphatic carbocycles. The maximum atomic E-state index is 12.2. The molecule has 3 aromatic rings. The summed E-state index contributed by atoms with van der Waals surface area (Å²) < 4.78 is 5.46. The molecule has 28 heavy (non-hydrogen) atoms. The van der Waals surface area contributed by atoms with Gasteiger partial charge in [-0.1, -0.05) is 48.5 Å². The van der Waals surface area contributed by atoms with E-state index in [1.807, 2.05) is 24.3 Å². The molecule has 0 aliphatic heterocycles. The first kappa shape index (κ1) is 18.1. The third-order valence-electron chi connectivity index (χ3n) is 5.10. The predicted octanol–water partition coefficient (Wildman–Crippen LogP) is 2.59. The van der Waals surface area contributed by atoms with Crippen LogP contribution in [-0.4, -0.2) is 34.4 Å². The number of benzene rings is 2. The Morgan fingerprint density at radius 3 is 2.32 bits per heavy atom. The summed E-state index contributed by atoms with van der Waals surface area (Å²) >= 11 is 0. The molecule has 1 heterocycles. The van der Waals surface area contributed by atoms with E-state index in [2.05, 4.69) is 34.2 Å². The van der Waals surface area contributed by atoms with Crippen molar-refractivity contribution in [2.45, 2.75) is 24.8 Å². The van der Waals surface area contributed by atoms with E-state index in [-0.39, 0.29) is 24.7 Å². The summed E-state index contributed by atoms with van der Waals surface area (Å²) in [7, 11) is 0. The molecule has 4 rings (SSSR count). The fourth-order valence-corrected chi connectivity index (χ4v) is 3.69. The van der Waals surface area contributed by atoms with Gasteiger partial charge in [0.05, 0.1) is 12.4 Å². The van der Waals surface area contributed by atoms with Crippen LogP contribution in [-0.2, 0) is 20.7 Å². The van der Waals surface area contributed by atoms with Gasteiger partial charge in [0.2, 0.25) is 0 Å². The third kappa shape index (κ3) is 3.59. The second kappa shape index (κ2) is 7.78. The molecule has 0 amide bonds. The summed E-state index contributed by atoms with van der Waals surface area (Å²) in [5.74, 6) is -0.913. The zero-order valence-corrected chi connectivity index (χ0v) is 15.3. The van der Waals surface area contributed by atoms with Crippen LogP contribution in [0.5, 0.6) is 0 Å². The van der Waals surface area contributed by atoms with Crippen LogP contribution in [0.2, 0.25) is 0 Å². The lowest BCUT2D eigenvalue weighted by Gasteiger charge is -2.14. The lowest BCUT2D eigenvalue weighted by atomic mass is 9.98. The fourth-order valence-electron chi connectivity index (χ4n) is 3.69. The molecule has 0 unspecified atom stereocenters. The van der Waals surface area contributed by atoms with Crippen LogP contribution in [0.1, 0.15) is 29.2 Å². The first-order chi connectivity index (χ1) is 13.6. The number of hydrogen-bond donors (Lipinski definition) is 2. The standard InChI is InChI=1S/C22H21N3O3/c23-20(9-14-11-24-13-25-14)21(26)10-22(27)28-12-19-17-7-3-1-5-15(17)16-6-2-4-8-18(16)19/h1-8,11,13,19-20H,9-10,12,23H2,(H,24,25)/t20-/m0/s1. The normalized spacial score (nSPS) is 13.6. The predicted molar refractivity (Wildman–Crippen MR) is 105 cm³/mol. The highest BCUT2D eigenvalue weighted by atomic mass is 16.5. The van der Waals surface area contributed by atoms with E-state index in [4.69, 9.17) is 10.5 Å². The maximum absolute atomic E-state index is 12.2. The van der Waals surface area contributed by atoms with Crippen LogP contribution in [0.25, 0.3) is 11.1 Å². The number of ether oxygens (including phenoxy) is 1. The summed E-state index contributed by atoms with van der Waals surface area (Å²) in [5, 5.41) is 0. The minimum atomic E-state index is -0.763. The zero-order valence-electron chi connectivity index (χ0n) is 15.3. The van der Waals surface area contributed by atoms with E-state index in [9.17, 15) is 9.59 Å². The maximum Gasteiger partial charge on any atom is 0.313 e. The first-order valence-corrected chi connectivity index (χ1v) is 9.23. The number of esters is 1. The number of rotatable bonds is 7. The van der Waals surface area contributed by atoms with Gasteiger partial charge in [0.15, 0.2) is 5.78 Å². The number of nitrogens with one attached hydrogen (secondary N) is 1. The Kier molecular flexibility index (Phi) is 5.04. The Morgan fingerprint density at radius 2 is 1.71 bits per heavy atom. The number of fused-ring (bicyclic) bond motifs is 3. The van der Waals surface area contributed by atoms with Crippen molar-refractivity contribution in [1.82, 2.24) is 9.97 Å². The molecule has 0 bridgehead atoms. The molecule has 0 saturated heterocycles. The Labute approximate surface area is 162 Å². The lowest BCUT2D eigenvalue weighted by Crippen LogP contribution is -2.34. The largest absolute Gasteiger partial charge is 0.464 e. The number of aromatic amines is 1. The number of imidazole rings is 1. The molecule has 1 aromatic heterocycles. The second-order valence-electron chi connectivity index (χ2n) is 6.94. The van der Waals surface area contributed by atoms with Crippen molar-refractivity contribution in [3.63, 3.8) is 0 Å². The van der Waals surface area contributed by atoms with Crippen molar-refractivity contribution in [3.05, 3.63) is 77.9 Å². The van der Waals surface area contributed by atoms with Gasteiger partial charge in [-0.25, -0.2) is 4.98 Å². The molecule has 142 valence electrons. The van der Waals surface area contributed by atoms with Crippen LogP contribution in [0.15, 0.2) is 61.1 Å². The summed E-state index contributed by atoms with van der Waals surface area (Å²) in [5.41, 5.74) is 11.3. The van der Waals surface area contributed by atoms with Crippen molar-refractivity contribution in [1.29, 1.82) is 0 Å². The molecular formula is C22H21N3O3. The smallest absolute Gasteiger partial charge is 0.313 e. The number of H-pyrrole nitrogens is 1. The molecule has 1 aliphatic rings. The Hall–Kier alpha value is -3.25. The van der Waals surface area contributed by atoms with Crippen molar-refractivity contribution in [3.8, 4) is 11.1 Å².